The van der Waals surface area contributed by atoms with Crippen molar-refractivity contribution in [2.75, 3.05) is 12.9 Å². The number of halogens is 2. The van der Waals surface area contributed by atoms with Gasteiger partial charge in [-0.05, 0) is 42.8 Å². The number of thioether (sulfide) groups is 1. The number of hydrogen-bond acceptors (Lipinski definition) is 3. The lowest BCUT2D eigenvalue weighted by Gasteiger charge is -2.08. The van der Waals surface area contributed by atoms with Crippen LogP contribution in [0.3, 0.4) is 0 Å². The summed E-state index contributed by atoms with van der Waals surface area (Å²) in [6, 6.07) is 8.91. The minimum absolute atomic E-state index is 0.124. The summed E-state index contributed by atoms with van der Waals surface area (Å²) in [5.74, 6) is -1.29. The summed E-state index contributed by atoms with van der Waals surface area (Å²) in [6.07, 6.45) is 0. The maximum atomic E-state index is 13.1. The number of hydrogen-bond donors (Lipinski definition) is 0. The fourth-order valence-corrected chi connectivity index (χ4v) is 2.63. The Labute approximate surface area is 126 Å². The number of benzene rings is 2. The van der Waals surface area contributed by atoms with Crippen LogP contribution in [0.25, 0.3) is 0 Å². The van der Waals surface area contributed by atoms with Crippen LogP contribution in [-0.4, -0.2) is 18.6 Å². The topological polar surface area (TPSA) is 26.3 Å². The number of carbonyl (C=O) groups is 1. The molecular weight excluding hydrogens is 294 g/mol. The number of methoxy groups -OCH3 is 1. The molecule has 0 bridgehead atoms. The SMILES string of the molecule is COc1cc(C)ccc1C(=O)CSc1ccc(F)c(F)c1. The van der Waals surface area contributed by atoms with Crippen molar-refractivity contribution in [2.45, 2.75) is 11.8 Å². The Bertz CT molecular complexity index is 671. The molecule has 2 nitrogen and oxygen atoms in total. The van der Waals surface area contributed by atoms with E-state index in [4.69, 9.17) is 4.74 Å². The normalized spacial score (nSPS) is 10.5. The molecular formula is C16H14F2O2S. The summed E-state index contributed by atoms with van der Waals surface area (Å²) in [5.41, 5.74) is 1.48. The monoisotopic (exact) mass is 308 g/mol. The zero-order valence-corrected chi connectivity index (χ0v) is 12.5. The molecule has 0 saturated carbocycles. The van der Waals surface area contributed by atoms with Gasteiger partial charge in [0.25, 0.3) is 0 Å². The molecule has 2 rings (SSSR count). The number of ether oxygens (including phenoxy) is 1. The van der Waals surface area contributed by atoms with Crippen molar-refractivity contribution in [3.63, 3.8) is 0 Å². The maximum absolute atomic E-state index is 13.1. The number of rotatable bonds is 5. The smallest absolute Gasteiger partial charge is 0.176 e. The fourth-order valence-electron chi connectivity index (χ4n) is 1.82. The molecule has 0 radical (unpaired) electrons. The predicted molar refractivity (Wildman–Crippen MR) is 79.1 cm³/mol. The molecule has 110 valence electrons. The molecule has 0 N–H and O–H groups in total. The third kappa shape index (κ3) is 3.82. The first kappa shape index (κ1) is 15.5. The van der Waals surface area contributed by atoms with Crippen molar-refractivity contribution < 1.29 is 18.3 Å². The van der Waals surface area contributed by atoms with Gasteiger partial charge in [0.1, 0.15) is 5.75 Å². The molecule has 0 fully saturated rings. The van der Waals surface area contributed by atoms with Crippen LogP contribution in [0.5, 0.6) is 5.75 Å². The summed E-state index contributed by atoms with van der Waals surface area (Å²) < 4.78 is 31.1. The zero-order valence-electron chi connectivity index (χ0n) is 11.7. The number of aryl methyl sites for hydroxylation is 1. The molecule has 21 heavy (non-hydrogen) atoms. The van der Waals surface area contributed by atoms with Crippen LogP contribution in [0, 0.1) is 18.6 Å². The molecule has 0 aliphatic carbocycles. The largest absolute Gasteiger partial charge is 0.496 e. The van der Waals surface area contributed by atoms with E-state index in [0.717, 1.165) is 29.5 Å². The third-order valence-electron chi connectivity index (χ3n) is 2.92. The van der Waals surface area contributed by atoms with E-state index in [1.54, 1.807) is 12.1 Å². The minimum Gasteiger partial charge on any atom is -0.496 e. The Morgan fingerprint density at radius 3 is 2.57 bits per heavy atom. The standard InChI is InChI=1S/C16H14F2O2S/c1-10-3-5-12(16(7-10)20-2)15(19)9-21-11-4-6-13(17)14(18)8-11/h3-8H,9H2,1-2H3. The highest BCUT2D eigenvalue weighted by molar-refractivity contribution is 8.00. The van der Waals surface area contributed by atoms with Crippen molar-refractivity contribution in [1.82, 2.24) is 0 Å². The highest BCUT2D eigenvalue weighted by Gasteiger charge is 2.13. The number of Topliss-reactive ketones (excluding diaryl/α,β-unsaturated/α-hetero) is 1. The highest BCUT2D eigenvalue weighted by Crippen LogP contribution is 2.25. The van der Waals surface area contributed by atoms with Crippen molar-refractivity contribution in [2.24, 2.45) is 0 Å². The molecule has 0 unspecified atom stereocenters. The van der Waals surface area contributed by atoms with E-state index >= 15 is 0 Å². The molecule has 0 aromatic heterocycles. The van der Waals surface area contributed by atoms with Gasteiger partial charge in [-0.3, -0.25) is 4.79 Å². The lowest BCUT2D eigenvalue weighted by Crippen LogP contribution is -2.05. The van der Waals surface area contributed by atoms with Crippen molar-refractivity contribution in [1.29, 1.82) is 0 Å². The maximum Gasteiger partial charge on any atom is 0.176 e. The van der Waals surface area contributed by atoms with Crippen molar-refractivity contribution in [3.05, 3.63) is 59.2 Å². The Balaban J connectivity index is 2.09. The Morgan fingerprint density at radius 1 is 1.14 bits per heavy atom. The van der Waals surface area contributed by atoms with Crippen LogP contribution in [0.2, 0.25) is 0 Å². The van der Waals surface area contributed by atoms with Crippen LogP contribution in [0.15, 0.2) is 41.3 Å². The molecule has 5 heteroatoms. The lowest BCUT2D eigenvalue weighted by atomic mass is 10.1. The first-order chi connectivity index (χ1) is 10.0. The molecule has 0 spiro atoms. The fraction of sp³-hybridized carbons (Fsp3) is 0.188. The molecule has 0 saturated heterocycles. The minimum atomic E-state index is -0.916. The summed E-state index contributed by atoms with van der Waals surface area (Å²) in [6.45, 7) is 1.91. The van der Waals surface area contributed by atoms with Gasteiger partial charge < -0.3 is 4.74 Å². The van der Waals surface area contributed by atoms with E-state index in [-0.39, 0.29) is 11.5 Å². The summed E-state index contributed by atoms with van der Waals surface area (Å²) in [4.78, 5) is 12.7. The van der Waals surface area contributed by atoms with Crippen LogP contribution in [0.4, 0.5) is 8.78 Å². The van der Waals surface area contributed by atoms with Gasteiger partial charge in [0.15, 0.2) is 17.4 Å². The highest BCUT2D eigenvalue weighted by atomic mass is 32.2. The zero-order chi connectivity index (χ0) is 15.4. The second-order valence-electron chi connectivity index (χ2n) is 4.49. The molecule has 0 aliphatic rings. The number of carbonyl (C=O) groups excluding carboxylic acids is 1. The van der Waals surface area contributed by atoms with Gasteiger partial charge in [0.2, 0.25) is 0 Å². The van der Waals surface area contributed by atoms with Gasteiger partial charge in [-0.2, -0.15) is 0 Å². The average molecular weight is 308 g/mol. The third-order valence-corrected chi connectivity index (χ3v) is 3.91. The van der Waals surface area contributed by atoms with E-state index in [2.05, 4.69) is 0 Å². The van der Waals surface area contributed by atoms with Gasteiger partial charge in [-0.1, -0.05) is 6.07 Å². The van der Waals surface area contributed by atoms with Gasteiger partial charge in [0, 0.05) is 4.90 Å². The van der Waals surface area contributed by atoms with Crippen LogP contribution < -0.4 is 4.74 Å². The van der Waals surface area contributed by atoms with Gasteiger partial charge in [0.05, 0.1) is 18.4 Å². The molecule has 0 amide bonds. The van der Waals surface area contributed by atoms with Crippen LogP contribution in [-0.2, 0) is 0 Å². The first-order valence-corrected chi connectivity index (χ1v) is 7.25. The first-order valence-electron chi connectivity index (χ1n) is 6.27. The molecule has 0 atom stereocenters. The van der Waals surface area contributed by atoms with Crippen molar-refractivity contribution in [3.8, 4) is 5.75 Å². The second kappa shape index (κ2) is 6.72. The Kier molecular flexibility index (Phi) is 4.96. The van der Waals surface area contributed by atoms with Gasteiger partial charge >= 0.3 is 0 Å². The Hall–Kier alpha value is -1.88. The Morgan fingerprint density at radius 2 is 1.90 bits per heavy atom. The van der Waals surface area contributed by atoms with Crippen LogP contribution >= 0.6 is 11.8 Å². The number of ketones is 1. The van der Waals surface area contributed by atoms with E-state index in [1.165, 1.54) is 13.2 Å². The molecule has 2 aromatic carbocycles. The summed E-state index contributed by atoms with van der Waals surface area (Å²) in [5, 5.41) is 0. The average Bonchev–Trinajstić information content (AvgIpc) is 2.48. The quantitative estimate of drug-likeness (QED) is 0.610. The second-order valence-corrected chi connectivity index (χ2v) is 5.54. The molecule has 2 aromatic rings. The summed E-state index contributed by atoms with van der Waals surface area (Å²) >= 11 is 1.16. The van der Waals surface area contributed by atoms with E-state index < -0.39 is 11.6 Å². The van der Waals surface area contributed by atoms with Crippen LogP contribution in [0.1, 0.15) is 15.9 Å². The molecule has 0 aliphatic heterocycles. The predicted octanol–water partition coefficient (Wildman–Crippen LogP) is 4.26. The van der Waals surface area contributed by atoms with Crippen molar-refractivity contribution >= 4 is 17.5 Å². The summed E-state index contributed by atoms with van der Waals surface area (Å²) in [7, 11) is 1.51. The van der Waals surface area contributed by atoms with Gasteiger partial charge in [-0.25, -0.2) is 8.78 Å². The van der Waals surface area contributed by atoms with E-state index in [0.29, 0.717) is 16.2 Å². The lowest BCUT2D eigenvalue weighted by molar-refractivity contribution is 0.101. The van der Waals surface area contributed by atoms with E-state index in [9.17, 15) is 13.6 Å². The molecule has 0 heterocycles. The van der Waals surface area contributed by atoms with Gasteiger partial charge in [-0.15, -0.1) is 11.8 Å². The van der Waals surface area contributed by atoms with E-state index in [1.807, 2.05) is 13.0 Å².